The van der Waals surface area contributed by atoms with Crippen molar-refractivity contribution in [1.29, 1.82) is 0 Å². The number of pyridine rings is 1. The van der Waals surface area contributed by atoms with E-state index in [0.717, 1.165) is 12.1 Å². The average molecular weight is 406 g/mol. The Balaban J connectivity index is 1.40. The van der Waals surface area contributed by atoms with Gasteiger partial charge in [-0.3, -0.25) is 25.0 Å². The summed E-state index contributed by atoms with van der Waals surface area (Å²) in [6, 6.07) is 11.0. The molecule has 3 N–H and O–H groups in total. The summed E-state index contributed by atoms with van der Waals surface area (Å²) >= 11 is 0. The Bertz CT molecular complexity index is 1290. The number of carbonyl (C=O) groups is 1. The normalized spacial score (nSPS) is 19.0. The number of nitrogens with one attached hydrogen (secondary N) is 3. The second-order valence-electron chi connectivity index (χ2n) is 7.55. The molecule has 1 aliphatic heterocycles. The van der Waals surface area contributed by atoms with E-state index in [4.69, 9.17) is 4.42 Å². The molecule has 4 aromatic heterocycles. The molecule has 0 radical (unpaired) electrons. The lowest BCUT2D eigenvalue weighted by Gasteiger charge is -2.13. The van der Waals surface area contributed by atoms with Crippen LogP contribution in [0.15, 0.2) is 58.0 Å². The van der Waals surface area contributed by atoms with Crippen molar-refractivity contribution in [2.75, 3.05) is 13.1 Å². The van der Waals surface area contributed by atoms with Crippen molar-refractivity contribution in [2.24, 2.45) is 5.92 Å². The Hall–Kier alpha value is -3.43. The zero-order valence-electron chi connectivity index (χ0n) is 16.5. The summed E-state index contributed by atoms with van der Waals surface area (Å²) in [5.74, 6) is 0.791. The average Bonchev–Trinajstić information content (AvgIpc) is 3.50. The van der Waals surface area contributed by atoms with Gasteiger partial charge in [-0.1, -0.05) is 0 Å². The van der Waals surface area contributed by atoms with Crippen molar-refractivity contribution in [3.8, 4) is 0 Å². The van der Waals surface area contributed by atoms with Gasteiger partial charge in [0.25, 0.3) is 11.5 Å². The maximum absolute atomic E-state index is 13.0. The molecule has 1 saturated heterocycles. The van der Waals surface area contributed by atoms with Crippen molar-refractivity contribution >= 4 is 22.6 Å². The van der Waals surface area contributed by atoms with Gasteiger partial charge in [0.15, 0.2) is 11.4 Å². The molecule has 9 nitrogen and oxygen atoms in total. The summed E-state index contributed by atoms with van der Waals surface area (Å²) in [6.45, 7) is 3.61. The highest BCUT2D eigenvalue weighted by Crippen LogP contribution is 2.16. The predicted octanol–water partition coefficient (Wildman–Crippen LogP) is 1.13. The molecule has 9 heteroatoms. The lowest BCUT2D eigenvalue weighted by molar-refractivity contribution is 0.0917. The van der Waals surface area contributed by atoms with E-state index in [2.05, 4.69) is 28.1 Å². The number of hydrogen-bond donors (Lipinski definition) is 3. The van der Waals surface area contributed by atoms with Crippen molar-refractivity contribution in [3.63, 3.8) is 0 Å². The van der Waals surface area contributed by atoms with Crippen LogP contribution in [0.2, 0.25) is 0 Å². The molecule has 0 aliphatic carbocycles. The maximum Gasteiger partial charge on any atom is 0.287 e. The summed E-state index contributed by atoms with van der Waals surface area (Å²) < 4.78 is 9.15. The Morgan fingerprint density at radius 2 is 2.13 bits per heavy atom. The Morgan fingerprint density at radius 3 is 2.97 bits per heavy atom. The third-order valence-electron chi connectivity index (χ3n) is 5.62. The fourth-order valence-corrected chi connectivity index (χ4v) is 3.88. The maximum atomic E-state index is 13.0. The van der Waals surface area contributed by atoms with Crippen molar-refractivity contribution in [3.05, 3.63) is 70.7 Å². The van der Waals surface area contributed by atoms with Gasteiger partial charge in [-0.15, -0.1) is 0 Å². The molecular formula is C21H22N6O3. The quantitative estimate of drug-likeness (QED) is 0.459. The Kier molecular flexibility index (Phi) is 4.61. The van der Waals surface area contributed by atoms with E-state index in [-0.39, 0.29) is 29.8 Å². The van der Waals surface area contributed by atoms with Crippen LogP contribution in [0.5, 0.6) is 0 Å². The van der Waals surface area contributed by atoms with Gasteiger partial charge < -0.3 is 14.1 Å². The minimum Gasteiger partial charge on any atom is -0.454 e. The van der Waals surface area contributed by atoms with Gasteiger partial charge in [0, 0.05) is 37.4 Å². The van der Waals surface area contributed by atoms with Crippen LogP contribution >= 0.6 is 0 Å². The molecule has 1 aliphatic rings. The molecule has 30 heavy (non-hydrogen) atoms. The highest BCUT2D eigenvalue weighted by atomic mass is 16.4. The summed E-state index contributed by atoms with van der Waals surface area (Å²) in [4.78, 5) is 29.9. The first kappa shape index (κ1) is 18.6. The van der Waals surface area contributed by atoms with Gasteiger partial charge in [-0.25, -0.2) is 4.98 Å². The second kappa shape index (κ2) is 7.43. The van der Waals surface area contributed by atoms with E-state index < -0.39 is 0 Å². The molecule has 1 amide bonds. The first-order valence-electron chi connectivity index (χ1n) is 9.92. The summed E-state index contributed by atoms with van der Waals surface area (Å²) in [5, 5.41) is 2.91. The molecule has 4 aromatic rings. The van der Waals surface area contributed by atoms with E-state index in [9.17, 15) is 9.59 Å². The number of hydrazine groups is 1. The molecule has 0 bridgehead atoms. The third-order valence-corrected chi connectivity index (χ3v) is 5.62. The number of furan rings is 1. The molecule has 2 unspecified atom stereocenters. The van der Waals surface area contributed by atoms with Crippen molar-refractivity contribution < 1.29 is 9.21 Å². The largest absolute Gasteiger partial charge is 0.454 e. The van der Waals surface area contributed by atoms with Crippen molar-refractivity contribution in [1.82, 2.24) is 30.1 Å². The fraction of sp³-hybridized carbons (Fsp3) is 0.286. The second-order valence-corrected chi connectivity index (χ2v) is 7.55. The number of fused-ring (bicyclic) bond motifs is 3. The van der Waals surface area contributed by atoms with E-state index in [0.29, 0.717) is 29.4 Å². The van der Waals surface area contributed by atoms with Crippen molar-refractivity contribution in [2.45, 2.75) is 19.5 Å². The number of carbonyl (C=O) groups excluding carboxylic acids is 1. The van der Waals surface area contributed by atoms with Crippen LogP contribution < -0.4 is 21.7 Å². The number of nitrogens with zero attached hydrogens (tertiary/aromatic N) is 3. The molecule has 5 heterocycles. The number of hydrogen-bond acceptors (Lipinski definition) is 6. The van der Waals surface area contributed by atoms with E-state index in [1.54, 1.807) is 29.0 Å². The van der Waals surface area contributed by atoms with Gasteiger partial charge in [0.2, 0.25) is 0 Å². The highest BCUT2D eigenvalue weighted by Gasteiger charge is 2.23. The third kappa shape index (κ3) is 3.17. The zero-order valence-corrected chi connectivity index (χ0v) is 16.5. The highest BCUT2D eigenvalue weighted by molar-refractivity contribution is 5.91. The molecule has 0 saturated carbocycles. The Labute approximate surface area is 171 Å². The molecule has 0 aromatic carbocycles. The van der Waals surface area contributed by atoms with Crippen LogP contribution in [0, 0.1) is 5.92 Å². The minimum absolute atomic E-state index is 0.163. The minimum atomic E-state index is -0.266. The predicted molar refractivity (Wildman–Crippen MR) is 111 cm³/mol. The fourth-order valence-electron chi connectivity index (χ4n) is 3.88. The van der Waals surface area contributed by atoms with Crippen LogP contribution in [0.25, 0.3) is 16.7 Å². The van der Waals surface area contributed by atoms with E-state index >= 15 is 0 Å². The lowest BCUT2D eigenvalue weighted by atomic mass is 10.0. The van der Waals surface area contributed by atoms with E-state index in [1.165, 1.54) is 0 Å². The summed E-state index contributed by atoms with van der Waals surface area (Å²) in [5.41, 5.74) is 8.00. The van der Waals surface area contributed by atoms with Crippen LogP contribution in [-0.4, -0.2) is 39.0 Å². The molecule has 1 fully saturated rings. The first-order valence-corrected chi connectivity index (χ1v) is 9.92. The topological polar surface area (TPSA) is 106 Å². The zero-order chi connectivity index (χ0) is 20.7. The molecule has 2 atom stereocenters. The SMILES string of the molecule is CC1NNCC1CNC(=O)c1ccc(Cn2c(=O)c3cccn3c3cccnc32)o1. The number of aromatic nitrogens is 3. The number of rotatable bonds is 5. The molecule has 154 valence electrons. The standard InChI is InChI=1S/C21H22N6O3/c1-13-14(11-24-25-13)10-23-20(28)18-7-6-15(30-18)12-27-19-16(4-2-8-22-19)26-9-3-5-17(26)21(27)29/h2-9,13-14,24-25H,10-12H2,1H3,(H,23,28). The van der Waals surface area contributed by atoms with Crippen LogP contribution in [-0.2, 0) is 6.54 Å². The number of amides is 1. The van der Waals surface area contributed by atoms with Crippen LogP contribution in [0.4, 0.5) is 0 Å². The van der Waals surface area contributed by atoms with Gasteiger partial charge in [0.1, 0.15) is 11.3 Å². The molecule has 5 rings (SSSR count). The van der Waals surface area contributed by atoms with Gasteiger partial charge in [-0.05, 0) is 43.3 Å². The van der Waals surface area contributed by atoms with Crippen LogP contribution in [0.1, 0.15) is 23.2 Å². The molecular weight excluding hydrogens is 384 g/mol. The Morgan fingerprint density at radius 1 is 1.27 bits per heavy atom. The van der Waals surface area contributed by atoms with Gasteiger partial charge in [0.05, 0.1) is 12.1 Å². The summed E-state index contributed by atoms with van der Waals surface area (Å²) in [7, 11) is 0. The molecule has 0 spiro atoms. The smallest absolute Gasteiger partial charge is 0.287 e. The van der Waals surface area contributed by atoms with Gasteiger partial charge in [-0.2, -0.15) is 0 Å². The van der Waals surface area contributed by atoms with Gasteiger partial charge >= 0.3 is 0 Å². The monoisotopic (exact) mass is 406 g/mol. The van der Waals surface area contributed by atoms with E-state index in [1.807, 2.05) is 28.8 Å². The lowest BCUT2D eigenvalue weighted by Crippen LogP contribution is -2.35. The first-order chi connectivity index (χ1) is 14.6. The summed E-state index contributed by atoms with van der Waals surface area (Å²) in [6.07, 6.45) is 3.50. The van der Waals surface area contributed by atoms with Crippen LogP contribution in [0.3, 0.4) is 0 Å².